The first-order chi connectivity index (χ1) is 10.1. The molecule has 2 rings (SSSR count). The van der Waals surface area contributed by atoms with Crippen molar-refractivity contribution < 1.29 is 9.47 Å². The van der Waals surface area contributed by atoms with Crippen LogP contribution in [-0.4, -0.2) is 37.2 Å². The molecule has 0 aromatic heterocycles. The van der Waals surface area contributed by atoms with Crippen molar-refractivity contribution in [1.29, 1.82) is 0 Å². The Labute approximate surface area is 135 Å². The Balaban J connectivity index is 2.35. The van der Waals surface area contributed by atoms with Gasteiger partial charge in [0.1, 0.15) is 13.2 Å². The molecular weight excluding hydrogens is 332 g/mol. The molecule has 1 aromatic carbocycles. The highest BCUT2D eigenvalue weighted by atomic mass is 79.9. The first kappa shape index (κ1) is 16.6. The lowest BCUT2D eigenvalue weighted by atomic mass is 10.0. The van der Waals surface area contributed by atoms with Gasteiger partial charge >= 0.3 is 0 Å². The van der Waals surface area contributed by atoms with E-state index in [0.717, 1.165) is 28.9 Å². The standard InChI is InChI=1S/C16H25BrN2O2/c1-4-11(3)19(5-2)14(10-18)12-8-13(17)16-15(9-12)20-6-7-21-16/h8-9,11,14H,4-7,10,18H2,1-3H3. The van der Waals surface area contributed by atoms with Crippen molar-refractivity contribution in [2.75, 3.05) is 26.3 Å². The zero-order valence-electron chi connectivity index (χ0n) is 13.1. The van der Waals surface area contributed by atoms with Gasteiger partial charge in [0.25, 0.3) is 0 Å². The molecule has 5 heteroatoms. The number of ether oxygens (including phenoxy) is 2. The maximum absolute atomic E-state index is 6.07. The van der Waals surface area contributed by atoms with Crippen molar-refractivity contribution in [3.8, 4) is 11.5 Å². The number of benzene rings is 1. The lowest BCUT2D eigenvalue weighted by molar-refractivity contribution is 0.149. The van der Waals surface area contributed by atoms with Crippen molar-refractivity contribution in [3.05, 3.63) is 22.2 Å². The summed E-state index contributed by atoms with van der Waals surface area (Å²) < 4.78 is 12.3. The van der Waals surface area contributed by atoms with E-state index in [1.807, 2.05) is 0 Å². The number of likely N-dealkylation sites (N-methyl/N-ethyl adjacent to an activating group) is 1. The minimum absolute atomic E-state index is 0.192. The minimum Gasteiger partial charge on any atom is -0.486 e. The van der Waals surface area contributed by atoms with Crippen molar-refractivity contribution >= 4 is 15.9 Å². The highest BCUT2D eigenvalue weighted by Gasteiger charge is 2.25. The normalized spacial score (nSPS) is 16.9. The second kappa shape index (κ2) is 7.47. The van der Waals surface area contributed by atoms with Crippen LogP contribution >= 0.6 is 15.9 Å². The average Bonchev–Trinajstić information content (AvgIpc) is 2.51. The second-order valence-corrected chi connectivity index (χ2v) is 6.22. The molecule has 2 N–H and O–H groups in total. The molecule has 0 aliphatic carbocycles. The fourth-order valence-electron chi connectivity index (χ4n) is 2.86. The predicted molar refractivity (Wildman–Crippen MR) is 89.1 cm³/mol. The largest absolute Gasteiger partial charge is 0.486 e. The maximum atomic E-state index is 6.07. The molecule has 0 radical (unpaired) electrons. The number of fused-ring (bicyclic) bond motifs is 1. The first-order valence-electron chi connectivity index (χ1n) is 7.67. The summed E-state index contributed by atoms with van der Waals surface area (Å²) in [4.78, 5) is 2.44. The molecule has 1 heterocycles. The number of hydrogen-bond donors (Lipinski definition) is 1. The number of rotatable bonds is 6. The number of nitrogens with two attached hydrogens (primary N) is 1. The summed E-state index contributed by atoms with van der Waals surface area (Å²) in [6, 6.07) is 4.87. The van der Waals surface area contributed by atoms with Gasteiger partial charge in [-0.3, -0.25) is 4.90 Å². The van der Waals surface area contributed by atoms with E-state index in [1.165, 1.54) is 5.56 Å². The smallest absolute Gasteiger partial charge is 0.175 e. The molecule has 4 nitrogen and oxygen atoms in total. The van der Waals surface area contributed by atoms with Crippen LogP contribution in [0.1, 0.15) is 38.8 Å². The van der Waals surface area contributed by atoms with Gasteiger partial charge in [-0.2, -0.15) is 0 Å². The van der Waals surface area contributed by atoms with Gasteiger partial charge in [0.2, 0.25) is 0 Å². The molecule has 0 bridgehead atoms. The van der Waals surface area contributed by atoms with Crippen LogP contribution in [-0.2, 0) is 0 Å². The number of nitrogens with zero attached hydrogens (tertiary/aromatic N) is 1. The molecular formula is C16H25BrN2O2. The zero-order valence-corrected chi connectivity index (χ0v) is 14.6. The summed E-state index contributed by atoms with van der Waals surface area (Å²) in [5.74, 6) is 1.61. The molecule has 2 atom stereocenters. The molecule has 1 aromatic rings. The van der Waals surface area contributed by atoms with E-state index in [4.69, 9.17) is 15.2 Å². The quantitative estimate of drug-likeness (QED) is 0.848. The van der Waals surface area contributed by atoms with Crippen LogP contribution in [0.2, 0.25) is 0 Å². The monoisotopic (exact) mass is 356 g/mol. The van der Waals surface area contributed by atoms with Gasteiger partial charge in [-0.15, -0.1) is 0 Å². The highest BCUT2D eigenvalue weighted by Crippen LogP contribution is 2.40. The van der Waals surface area contributed by atoms with Crippen molar-refractivity contribution in [2.45, 2.75) is 39.3 Å². The Morgan fingerprint density at radius 2 is 2.00 bits per heavy atom. The Morgan fingerprint density at radius 3 is 2.62 bits per heavy atom. The van der Waals surface area contributed by atoms with E-state index in [2.05, 4.69) is 53.7 Å². The molecule has 0 saturated carbocycles. The molecule has 0 spiro atoms. The van der Waals surface area contributed by atoms with Gasteiger partial charge in [0.15, 0.2) is 11.5 Å². The van der Waals surface area contributed by atoms with Gasteiger partial charge in [-0.05, 0) is 53.5 Å². The SMILES string of the molecule is CCC(C)N(CC)C(CN)c1cc(Br)c2c(c1)OCCO2. The molecule has 118 valence electrons. The van der Waals surface area contributed by atoms with Crippen LogP contribution < -0.4 is 15.2 Å². The van der Waals surface area contributed by atoms with Crippen LogP contribution in [0.3, 0.4) is 0 Å². The van der Waals surface area contributed by atoms with Gasteiger partial charge in [-0.25, -0.2) is 0 Å². The Hall–Kier alpha value is -0.780. The molecule has 0 amide bonds. The van der Waals surface area contributed by atoms with Crippen LogP contribution in [0.5, 0.6) is 11.5 Å². The third-order valence-corrected chi connectivity index (χ3v) is 4.74. The van der Waals surface area contributed by atoms with Crippen molar-refractivity contribution in [1.82, 2.24) is 4.90 Å². The third-order valence-electron chi connectivity index (χ3n) is 4.15. The van der Waals surface area contributed by atoms with Crippen molar-refractivity contribution in [2.24, 2.45) is 5.73 Å². The predicted octanol–water partition coefficient (Wildman–Crippen LogP) is 3.34. The van der Waals surface area contributed by atoms with Gasteiger partial charge < -0.3 is 15.2 Å². The van der Waals surface area contributed by atoms with E-state index in [0.29, 0.717) is 25.8 Å². The van der Waals surface area contributed by atoms with Crippen LogP contribution in [0.25, 0.3) is 0 Å². The van der Waals surface area contributed by atoms with Gasteiger partial charge in [0, 0.05) is 18.6 Å². The summed E-state index contributed by atoms with van der Waals surface area (Å²) >= 11 is 3.59. The number of halogens is 1. The average molecular weight is 357 g/mol. The summed E-state index contributed by atoms with van der Waals surface area (Å²) in [5.41, 5.74) is 7.25. The van der Waals surface area contributed by atoms with Crippen LogP contribution in [0.15, 0.2) is 16.6 Å². The lowest BCUT2D eigenvalue weighted by Gasteiger charge is -2.35. The third kappa shape index (κ3) is 3.52. The molecule has 2 unspecified atom stereocenters. The van der Waals surface area contributed by atoms with Gasteiger partial charge in [0.05, 0.1) is 4.47 Å². The molecule has 1 aliphatic heterocycles. The highest BCUT2D eigenvalue weighted by molar-refractivity contribution is 9.10. The van der Waals surface area contributed by atoms with E-state index in [-0.39, 0.29) is 6.04 Å². The van der Waals surface area contributed by atoms with Crippen molar-refractivity contribution in [3.63, 3.8) is 0 Å². The van der Waals surface area contributed by atoms with Crippen LogP contribution in [0.4, 0.5) is 0 Å². The fraction of sp³-hybridized carbons (Fsp3) is 0.625. The second-order valence-electron chi connectivity index (χ2n) is 5.37. The summed E-state index contributed by atoms with van der Waals surface area (Å²) in [6.07, 6.45) is 1.11. The van der Waals surface area contributed by atoms with E-state index in [9.17, 15) is 0 Å². The Kier molecular flexibility index (Phi) is 5.90. The Bertz CT molecular complexity index is 482. The Morgan fingerprint density at radius 1 is 1.29 bits per heavy atom. The fourth-order valence-corrected chi connectivity index (χ4v) is 3.43. The van der Waals surface area contributed by atoms with E-state index in [1.54, 1.807) is 0 Å². The molecule has 1 aliphatic rings. The topological polar surface area (TPSA) is 47.7 Å². The molecule has 0 fully saturated rings. The van der Waals surface area contributed by atoms with Crippen LogP contribution in [0, 0.1) is 0 Å². The lowest BCUT2D eigenvalue weighted by Crippen LogP contribution is -2.39. The van der Waals surface area contributed by atoms with E-state index < -0.39 is 0 Å². The molecule has 0 saturated heterocycles. The van der Waals surface area contributed by atoms with E-state index >= 15 is 0 Å². The minimum atomic E-state index is 0.192. The summed E-state index contributed by atoms with van der Waals surface area (Å²) in [7, 11) is 0. The maximum Gasteiger partial charge on any atom is 0.175 e. The van der Waals surface area contributed by atoms with Gasteiger partial charge in [-0.1, -0.05) is 13.8 Å². The summed E-state index contributed by atoms with van der Waals surface area (Å²) in [6.45, 7) is 9.40. The zero-order chi connectivity index (χ0) is 15.4. The molecule has 21 heavy (non-hydrogen) atoms. The number of hydrogen-bond acceptors (Lipinski definition) is 4. The summed E-state index contributed by atoms with van der Waals surface area (Å²) in [5, 5.41) is 0. The first-order valence-corrected chi connectivity index (χ1v) is 8.46.